The Morgan fingerprint density at radius 3 is 2.17 bits per heavy atom. The van der Waals surface area contributed by atoms with E-state index in [-0.39, 0.29) is 10.5 Å². The number of para-hydroxylation sites is 1. The van der Waals surface area contributed by atoms with E-state index in [4.69, 9.17) is 4.74 Å². The number of aliphatic hydroxyl groups excluding tert-OH is 1. The standard InChI is InChI=1S/C19H20O3S/c1-14(20)17(22-15-8-4-2-5-9-15)18(21)19(12-13-19)23-16-10-6-3-7-11-16/h2-11,17-18,21H,12-13H2,1H3/t17?,18-/m1/s1. The van der Waals surface area contributed by atoms with Crippen molar-refractivity contribution in [2.75, 3.05) is 0 Å². The lowest BCUT2D eigenvalue weighted by Gasteiger charge is -2.28. The van der Waals surface area contributed by atoms with Gasteiger partial charge in [0.1, 0.15) is 11.9 Å². The third-order valence-electron chi connectivity index (χ3n) is 4.04. The van der Waals surface area contributed by atoms with Gasteiger partial charge in [-0.25, -0.2) is 0 Å². The predicted octanol–water partition coefficient (Wildman–Crippen LogP) is 3.71. The van der Waals surface area contributed by atoms with E-state index in [2.05, 4.69) is 0 Å². The van der Waals surface area contributed by atoms with Crippen LogP contribution in [0, 0.1) is 0 Å². The molecular weight excluding hydrogens is 308 g/mol. The number of carbonyl (C=O) groups excluding carboxylic acids is 1. The molecule has 0 amide bonds. The summed E-state index contributed by atoms with van der Waals surface area (Å²) < 4.78 is 5.46. The summed E-state index contributed by atoms with van der Waals surface area (Å²) in [5, 5.41) is 10.8. The second kappa shape index (κ2) is 6.77. The molecule has 0 heterocycles. The lowest BCUT2D eigenvalue weighted by atomic mass is 10.1. The first kappa shape index (κ1) is 16.1. The highest BCUT2D eigenvalue weighted by atomic mass is 32.2. The van der Waals surface area contributed by atoms with E-state index in [9.17, 15) is 9.90 Å². The smallest absolute Gasteiger partial charge is 0.183 e. The lowest BCUT2D eigenvalue weighted by molar-refractivity contribution is -0.128. The molecule has 3 rings (SSSR count). The van der Waals surface area contributed by atoms with Gasteiger partial charge in [-0.3, -0.25) is 4.79 Å². The van der Waals surface area contributed by atoms with E-state index in [0.717, 1.165) is 17.7 Å². The van der Waals surface area contributed by atoms with Gasteiger partial charge in [0.25, 0.3) is 0 Å². The Hall–Kier alpha value is -1.78. The van der Waals surface area contributed by atoms with Gasteiger partial charge in [0.05, 0.1) is 4.75 Å². The average Bonchev–Trinajstić information content (AvgIpc) is 3.34. The first-order valence-corrected chi connectivity index (χ1v) is 8.57. The zero-order valence-corrected chi connectivity index (χ0v) is 13.8. The minimum Gasteiger partial charge on any atom is -0.480 e. The van der Waals surface area contributed by atoms with Crippen molar-refractivity contribution >= 4 is 17.5 Å². The Balaban J connectivity index is 1.75. The van der Waals surface area contributed by atoms with Crippen molar-refractivity contribution in [3.8, 4) is 5.75 Å². The Bertz CT molecular complexity index is 653. The molecular formula is C19H20O3S. The molecule has 1 aliphatic rings. The molecule has 1 N–H and O–H groups in total. The van der Waals surface area contributed by atoms with E-state index >= 15 is 0 Å². The van der Waals surface area contributed by atoms with Crippen LogP contribution in [0.5, 0.6) is 5.75 Å². The highest BCUT2D eigenvalue weighted by Crippen LogP contribution is 2.55. The molecule has 2 aromatic rings. The maximum atomic E-state index is 12.0. The minimum atomic E-state index is -0.837. The van der Waals surface area contributed by atoms with Gasteiger partial charge in [-0.2, -0.15) is 0 Å². The molecule has 1 saturated carbocycles. The SMILES string of the molecule is CC(=O)C(Oc1ccccc1)[C@@H](O)C1(Sc2ccccc2)CC1. The van der Waals surface area contributed by atoms with Crippen molar-refractivity contribution in [2.45, 2.75) is 41.6 Å². The van der Waals surface area contributed by atoms with Gasteiger partial charge in [-0.15, -0.1) is 11.8 Å². The van der Waals surface area contributed by atoms with Crippen molar-refractivity contribution in [1.82, 2.24) is 0 Å². The number of benzene rings is 2. The molecule has 2 atom stereocenters. The third-order valence-corrected chi connectivity index (χ3v) is 5.60. The lowest BCUT2D eigenvalue weighted by Crippen LogP contribution is -2.45. The van der Waals surface area contributed by atoms with Gasteiger partial charge in [-0.05, 0) is 44.0 Å². The Morgan fingerprint density at radius 1 is 1.09 bits per heavy atom. The fourth-order valence-electron chi connectivity index (χ4n) is 2.60. The van der Waals surface area contributed by atoms with Crippen LogP contribution in [-0.4, -0.2) is 27.8 Å². The van der Waals surface area contributed by atoms with Gasteiger partial charge in [0, 0.05) is 4.90 Å². The first-order chi connectivity index (χ1) is 11.1. The molecule has 0 aromatic heterocycles. The number of carbonyl (C=O) groups is 1. The molecule has 0 radical (unpaired) electrons. The molecule has 4 heteroatoms. The summed E-state index contributed by atoms with van der Waals surface area (Å²) in [6.07, 6.45) is 0.104. The molecule has 1 aliphatic carbocycles. The quantitative estimate of drug-likeness (QED) is 0.842. The Labute approximate surface area is 140 Å². The summed E-state index contributed by atoms with van der Waals surface area (Å²) >= 11 is 1.64. The Morgan fingerprint density at radius 2 is 1.65 bits per heavy atom. The van der Waals surface area contributed by atoms with Crippen LogP contribution in [0.4, 0.5) is 0 Å². The number of Topliss-reactive ketones (excluding diaryl/α,β-unsaturated/α-hetero) is 1. The topological polar surface area (TPSA) is 46.5 Å². The largest absolute Gasteiger partial charge is 0.480 e. The van der Waals surface area contributed by atoms with E-state index in [1.165, 1.54) is 6.92 Å². The maximum absolute atomic E-state index is 12.0. The number of hydrogen-bond donors (Lipinski definition) is 1. The van der Waals surface area contributed by atoms with Crippen LogP contribution in [-0.2, 0) is 4.79 Å². The van der Waals surface area contributed by atoms with Crippen LogP contribution in [0.3, 0.4) is 0 Å². The summed E-state index contributed by atoms with van der Waals surface area (Å²) in [6.45, 7) is 1.47. The number of hydrogen-bond acceptors (Lipinski definition) is 4. The molecule has 0 saturated heterocycles. The normalized spacial score (nSPS) is 18.0. The maximum Gasteiger partial charge on any atom is 0.183 e. The second-order valence-corrected chi connectivity index (χ2v) is 7.38. The molecule has 23 heavy (non-hydrogen) atoms. The number of ether oxygens (including phenoxy) is 1. The van der Waals surface area contributed by atoms with E-state index in [1.807, 2.05) is 48.5 Å². The highest BCUT2D eigenvalue weighted by Gasteiger charge is 2.54. The summed E-state index contributed by atoms with van der Waals surface area (Å²) in [7, 11) is 0. The Kier molecular flexibility index (Phi) is 4.74. The van der Waals surface area contributed by atoms with Crippen molar-refractivity contribution in [3.05, 3.63) is 60.7 Å². The van der Waals surface area contributed by atoms with Crippen LogP contribution in [0.15, 0.2) is 65.6 Å². The van der Waals surface area contributed by atoms with Gasteiger partial charge >= 0.3 is 0 Å². The fourth-order valence-corrected chi connectivity index (χ4v) is 3.91. The van der Waals surface area contributed by atoms with Crippen molar-refractivity contribution in [3.63, 3.8) is 0 Å². The first-order valence-electron chi connectivity index (χ1n) is 7.75. The van der Waals surface area contributed by atoms with Crippen molar-refractivity contribution in [2.24, 2.45) is 0 Å². The number of rotatable bonds is 7. The van der Waals surface area contributed by atoms with Crippen LogP contribution in [0.2, 0.25) is 0 Å². The van der Waals surface area contributed by atoms with E-state index in [1.54, 1.807) is 23.9 Å². The van der Waals surface area contributed by atoms with Crippen LogP contribution in [0.1, 0.15) is 19.8 Å². The number of aliphatic hydroxyl groups is 1. The molecule has 2 aromatic carbocycles. The van der Waals surface area contributed by atoms with Crippen molar-refractivity contribution < 1.29 is 14.6 Å². The zero-order valence-electron chi connectivity index (χ0n) is 13.0. The summed E-state index contributed by atoms with van der Waals surface area (Å²) in [6, 6.07) is 19.2. The van der Waals surface area contributed by atoms with Gasteiger partial charge in [0.15, 0.2) is 11.9 Å². The van der Waals surface area contributed by atoms with Crippen LogP contribution < -0.4 is 4.74 Å². The van der Waals surface area contributed by atoms with Gasteiger partial charge in [0.2, 0.25) is 0 Å². The average molecular weight is 328 g/mol. The predicted molar refractivity (Wildman–Crippen MR) is 91.8 cm³/mol. The third kappa shape index (κ3) is 3.77. The number of ketones is 1. The summed E-state index contributed by atoms with van der Waals surface area (Å²) in [5.74, 6) is 0.452. The highest BCUT2D eigenvalue weighted by molar-refractivity contribution is 8.01. The molecule has 3 nitrogen and oxygen atoms in total. The summed E-state index contributed by atoms with van der Waals surface area (Å²) in [5.41, 5.74) is 0. The van der Waals surface area contributed by atoms with Crippen LogP contribution in [0.25, 0.3) is 0 Å². The molecule has 1 unspecified atom stereocenters. The fraction of sp³-hybridized carbons (Fsp3) is 0.316. The van der Waals surface area contributed by atoms with Gasteiger partial charge < -0.3 is 9.84 Å². The van der Waals surface area contributed by atoms with Crippen LogP contribution >= 0.6 is 11.8 Å². The second-order valence-electron chi connectivity index (χ2n) is 5.89. The molecule has 1 fully saturated rings. The van der Waals surface area contributed by atoms with E-state index < -0.39 is 12.2 Å². The van der Waals surface area contributed by atoms with Gasteiger partial charge in [-0.1, -0.05) is 36.4 Å². The minimum absolute atomic E-state index is 0.152. The molecule has 120 valence electrons. The van der Waals surface area contributed by atoms with E-state index in [0.29, 0.717) is 5.75 Å². The zero-order chi connectivity index (χ0) is 16.3. The monoisotopic (exact) mass is 328 g/mol. The molecule has 0 spiro atoms. The number of thioether (sulfide) groups is 1. The summed E-state index contributed by atoms with van der Waals surface area (Å²) in [4.78, 5) is 13.1. The molecule has 0 bridgehead atoms. The van der Waals surface area contributed by atoms with Crippen molar-refractivity contribution in [1.29, 1.82) is 0 Å². The molecule has 0 aliphatic heterocycles.